The summed E-state index contributed by atoms with van der Waals surface area (Å²) in [6.45, 7) is 0.0586. The summed E-state index contributed by atoms with van der Waals surface area (Å²) in [5.41, 5.74) is 1.22. The minimum absolute atomic E-state index is 0.0586. The second-order valence-corrected chi connectivity index (χ2v) is 6.00. The fourth-order valence-electron chi connectivity index (χ4n) is 1.58. The molecule has 1 amide bonds. The summed E-state index contributed by atoms with van der Waals surface area (Å²) in [5.74, 6) is -0.468. The van der Waals surface area contributed by atoms with Gasteiger partial charge in [-0.15, -0.1) is 0 Å². The van der Waals surface area contributed by atoms with Gasteiger partial charge in [0.1, 0.15) is 0 Å². The molecule has 8 heteroatoms. The molecule has 2 rings (SSSR count). The lowest BCUT2D eigenvalue weighted by Gasteiger charge is -2.05. The molecule has 102 valence electrons. The van der Waals surface area contributed by atoms with E-state index in [1.807, 2.05) is 0 Å². The van der Waals surface area contributed by atoms with Gasteiger partial charge in [-0.05, 0) is 19.2 Å². The van der Waals surface area contributed by atoms with Crippen molar-refractivity contribution >= 4 is 26.8 Å². The van der Waals surface area contributed by atoms with Crippen LogP contribution in [-0.4, -0.2) is 43.9 Å². The van der Waals surface area contributed by atoms with Gasteiger partial charge in [0.05, 0.1) is 17.5 Å². The number of amides is 1. The Balaban J connectivity index is 2.00. The average molecular weight is 282 g/mol. The van der Waals surface area contributed by atoms with Gasteiger partial charge in [0.15, 0.2) is 0 Å². The summed E-state index contributed by atoms with van der Waals surface area (Å²) in [7, 11) is -1.97. The van der Waals surface area contributed by atoms with E-state index in [0.29, 0.717) is 5.56 Å². The molecule has 0 aliphatic rings. The number of nitrogens with one attached hydrogen (secondary N) is 3. The fraction of sp³-hybridized carbons (Fsp3) is 0.273. The van der Waals surface area contributed by atoms with Gasteiger partial charge in [0, 0.05) is 17.5 Å². The number of carbonyl (C=O) groups excluding carboxylic acids is 1. The Kier molecular flexibility index (Phi) is 3.82. The smallest absolute Gasteiger partial charge is 0.251 e. The monoisotopic (exact) mass is 282 g/mol. The first-order valence-corrected chi connectivity index (χ1v) is 7.29. The van der Waals surface area contributed by atoms with Crippen molar-refractivity contribution in [2.24, 2.45) is 0 Å². The van der Waals surface area contributed by atoms with Crippen LogP contribution in [-0.2, 0) is 10.0 Å². The normalized spacial score (nSPS) is 11.6. The molecule has 1 aromatic heterocycles. The van der Waals surface area contributed by atoms with Crippen molar-refractivity contribution in [3.8, 4) is 0 Å². The molecule has 19 heavy (non-hydrogen) atoms. The second kappa shape index (κ2) is 5.37. The van der Waals surface area contributed by atoms with E-state index in [2.05, 4.69) is 20.2 Å². The molecule has 7 nitrogen and oxygen atoms in total. The summed E-state index contributed by atoms with van der Waals surface area (Å²) in [6.07, 6.45) is 1.66. The third-order valence-corrected chi connectivity index (χ3v) is 4.04. The molecule has 0 fully saturated rings. The Morgan fingerprint density at radius 1 is 1.42 bits per heavy atom. The Morgan fingerprint density at radius 3 is 2.95 bits per heavy atom. The van der Waals surface area contributed by atoms with Crippen molar-refractivity contribution in [2.45, 2.75) is 0 Å². The number of aromatic amines is 1. The lowest BCUT2D eigenvalue weighted by molar-refractivity contribution is 0.0956. The van der Waals surface area contributed by atoms with Gasteiger partial charge in [0.2, 0.25) is 10.0 Å². The van der Waals surface area contributed by atoms with Crippen LogP contribution >= 0.6 is 0 Å². The molecular formula is C11H14N4O3S. The number of hydrogen-bond acceptors (Lipinski definition) is 4. The molecule has 1 heterocycles. The molecular weight excluding hydrogens is 268 g/mol. The zero-order chi connectivity index (χ0) is 13.9. The summed E-state index contributed by atoms with van der Waals surface area (Å²) >= 11 is 0. The maximum atomic E-state index is 11.8. The standard InChI is InChI=1S/C11H14N4O3S/c1-12-19(17,18)5-4-13-11(16)8-2-3-9-7-14-15-10(9)6-8/h2-3,6-7,12H,4-5H2,1H3,(H,13,16)(H,14,15). The Labute approximate surface area is 110 Å². The number of hydrogen-bond donors (Lipinski definition) is 3. The topological polar surface area (TPSA) is 104 Å². The zero-order valence-electron chi connectivity index (χ0n) is 10.3. The first-order valence-electron chi connectivity index (χ1n) is 5.64. The average Bonchev–Trinajstić information content (AvgIpc) is 2.85. The number of sulfonamides is 1. The van der Waals surface area contributed by atoms with Crippen LogP contribution in [0.5, 0.6) is 0 Å². The lowest BCUT2D eigenvalue weighted by atomic mass is 10.1. The zero-order valence-corrected chi connectivity index (χ0v) is 11.1. The molecule has 0 atom stereocenters. The van der Waals surface area contributed by atoms with Crippen LogP contribution in [0.15, 0.2) is 24.4 Å². The van der Waals surface area contributed by atoms with Gasteiger partial charge in [-0.1, -0.05) is 6.07 Å². The van der Waals surface area contributed by atoms with Crippen LogP contribution in [0.1, 0.15) is 10.4 Å². The predicted molar refractivity (Wildman–Crippen MR) is 71.3 cm³/mol. The van der Waals surface area contributed by atoms with E-state index < -0.39 is 10.0 Å². The van der Waals surface area contributed by atoms with Gasteiger partial charge >= 0.3 is 0 Å². The SMILES string of the molecule is CNS(=O)(=O)CCNC(=O)c1ccc2cn[nH]c2c1. The van der Waals surface area contributed by atoms with E-state index >= 15 is 0 Å². The van der Waals surface area contributed by atoms with E-state index in [0.717, 1.165) is 10.9 Å². The van der Waals surface area contributed by atoms with E-state index in [1.54, 1.807) is 24.4 Å². The van der Waals surface area contributed by atoms with Crippen LogP contribution in [0.25, 0.3) is 10.9 Å². The molecule has 0 aliphatic carbocycles. The highest BCUT2D eigenvalue weighted by atomic mass is 32.2. The summed E-state index contributed by atoms with van der Waals surface area (Å²) in [6, 6.07) is 5.11. The highest BCUT2D eigenvalue weighted by Gasteiger charge is 2.10. The minimum atomic E-state index is -3.30. The number of H-pyrrole nitrogens is 1. The Hall–Kier alpha value is -1.93. The maximum Gasteiger partial charge on any atom is 0.251 e. The highest BCUT2D eigenvalue weighted by Crippen LogP contribution is 2.12. The second-order valence-electron chi connectivity index (χ2n) is 3.95. The minimum Gasteiger partial charge on any atom is -0.351 e. The third kappa shape index (κ3) is 3.30. The summed E-state index contributed by atoms with van der Waals surface area (Å²) in [4.78, 5) is 11.8. The van der Waals surface area contributed by atoms with E-state index in [4.69, 9.17) is 0 Å². The van der Waals surface area contributed by atoms with Crippen molar-refractivity contribution in [3.63, 3.8) is 0 Å². The van der Waals surface area contributed by atoms with Gasteiger partial charge in [-0.25, -0.2) is 13.1 Å². The molecule has 0 saturated carbocycles. The molecule has 0 bridgehead atoms. The van der Waals surface area contributed by atoms with Crippen molar-refractivity contribution < 1.29 is 13.2 Å². The number of aromatic nitrogens is 2. The Bertz CT molecular complexity index is 693. The van der Waals surface area contributed by atoms with Gasteiger partial charge in [-0.2, -0.15) is 5.10 Å². The molecule has 1 aromatic carbocycles. The molecule has 0 aliphatic heterocycles. The van der Waals surface area contributed by atoms with E-state index in [-0.39, 0.29) is 18.2 Å². The van der Waals surface area contributed by atoms with Crippen molar-refractivity contribution in [1.82, 2.24) is 20.2 Å². The quantitative estimate of drug-likeness (QED) is 0.709. The van der Waals surface area contributed by atoms with E-state index in [9.17, 15) is 13.2 Å². The first-order chi connectivity index (χ1) is 9.02. The summed E-state index contributed by atoms with van der Waals surface area (Å²) < 4.78 is 24.5. The van der Waals surface area contributed by atoms with Crippen LogP contribution < -0.4 is 10.0 Å². The molecule has 0 unspecified atom stereocenters. The van der Waals surface area contributed by atoms with Gasteiger partial charge < -0.3 is 5.32 Å². The third-order valence-electron chi connectivity index (χ3n) is 2.67. The fourth-order valence-corrected chi connectivity index (χ4v) is 2.16. The van der Waals surface area contributed by atoms with Crippen LogP contribution in [0.2, 0.25) is 0 Å². The van der Waals surface area contributed by atoms with Gasteiger partial charge in [-0.3, -0.25) is 9.89 Å². The van der Waals surface area contributed by atoms with Gasteiger partial charge in [0.25, 0.3) is 5.91 Å². The first kappa shape index (κ1) is 13.5. The van der Waals surface area contributed by atoms with Crippen LogP contribution in [0, 0.1) is 0 Å². The number of nitrogens with zero attached hydrogens (tertiary/aromatic N) is 1. The molecule has 0 radical (unpaired) electrons. The highest BCUT2D eigenvalue weighted by molar-refractivity contribution is 7.89. The van der Waals surface area contributed by atoms with Crippen LogP contribution in [0.4, 0.5) is 0 Å². The number of carbonyl (C=O) groups is 1. The van der Waals surface area contributed by atoms with E-state index in [1.165, 1.54) is 7.05 Å². The van der Waals surface area contributed by atoms with Crippen LogP contribution in [0.3, 0.4) is 0 Å². The van der Waals surface area contributed by atoms with Crippen molar-refractivity contribution in [2.75, 3.05) is 19.3 Å². The predicted octanol–water partition coefficient (Wildman–Crippen LogP) is -0.158. The van der Waals surface area contributed by atoms with Crippen molar-refractivity contribution in [1.29, 1.82) is 0 Å². The molecule has 0 spiro atoms. The number of rotatable bonds is 5. The molecule has 2 aromatic rings. The van der Waals surface area contributed by atoms with Crippen molar-refractivity contribution in [3.05, 3.63) is 30.0 Å². The maximum absolute atomic E-state index is 11.8. The largest absolute Gasteiger partial charge is 0.351 e. The molecule has 3 N–H and O–H groups in total. The Morgan fingerprint density at radius 2 is 2.21 bits per heavy atom. The summed E-state index contributed by atoms with van der Waals surface area (Å²) in [5, 5.41) is 10.1. The molecule has 0 saturated heterocycles. The lowest BCUT2D eigenvalue weighted by Crippen LogP contribution is -2.32. The number of benzene rings is 1. The number of fused-ring (bicyclic) bond motifs is 1.